The summed E-state index contributed by atoms with van der Waals surface area (Å²) in [5, 5.41) is 0. The first kappa shape index (κ1) is 375. The van der Waals surface area contributed by atoms with Crippen molar-refractivity contribution in [2.45, 2.75) is 0 Å². The normalized spacial score (nSPS) is 0. The fraction of sp³-hybridized carbons (Fsp3) is 0. The molecule has 0 saturated heterocycles. The zero-order valence-corrected chi connectivity index (χ0v) is 7.14. The van der Waals surface area contributed by atoms with Crippen molar-refractivity contribution in [3.8, 4) is 0 Å². The van der Waals surface area contributed by atoms with Crippen LogP contribution in [0.4, 0.5) is 0 Å². The van der Waals surface area contributed by atoms with E-state index in [2.05, 4.69) is 0 Å². The Balaban J connectivity index is 0. The van der Waals surface area contributed by atoms with E-state index in [-0.39, 0.29) is 83.0 Å². The van der Waals surface area contributed by atoms with E-state index in [9.17, 15) is 0 Å². The molecule has 0 atom stereocenters. The quantitative estimate of drug-likeness (QED) is 0.326. The zero-order chi connectivity index (χ0) is 0. The van der Waals surface area contributed by atoms with Crippen LogP contribution < -0.4 is 0 Å². The van der Waals surface area contributed by atoms with Crippen molar-refractivity contribution in [3.63, 3.8) is 0 Å². The Morgan fingerprint density at radius 3 is 0.375 bits per heavy atom. The molecular formula is H13CaClO6+2. The van der Waals surface area contributed by atoms with Gasteiger partial charge in [-0.05, 0) is 0 Å². The predicted molar refractivity (Wildman–Crippen MR) is 34.7 cm³/mol. The van der Waals surface area contributed by atoms with Crippen LogP contribution in [0.1, 0.15) is 0 Å². The zero-order valence-electron chi connectivity index (χ0n) is 4.12. The molecule has 0 spiro atoms. The third-order valence-corrected chi connectivity index (χ3v) is 0. The summed E-state index contributed by atoms with van der Waals surface area (Å²) >= 11 is 0. The average molecular weight is 185 g/mol. The third kappa shape index (κ3) is 170. The van der Waals surface area contributed by atoms with E-state index in [0.717, 1.165) is 0 Å². The summed E-state index contributed by atoms with van der Waals surface area (Å²) < 4.78 is 0. The van der Waals surface area contributed by atoms with Gasteiger partial charge in [-0.1, -0.05) is 0 Å². The van der Waals surface area contributed by atoms with Gasteiger partial charge in [0.2, 0.25) is 0 Å². The molecule has 0 aromatic carbocycles. The Morgan fingerprint density at radius 1 is 0.375 bits per heavy atom. The van der Waals surface area contributed by atoms with Crippen molar-refractivity contribution in [2.24, 2.45) is 0 Å². The first-order chi connectivity index (χ1) is 0. The topological polar surface area (TPSA) is 189 Å². The summed E-state index contributed by atoms with van der Waals surface area (Å²) in [7, 11) is 0. The minimum absolute atomic E-state index is 0. The van der Waals surface area contributed by atoms with Crippen molar-refractivity contribution >= 4 is 50.1 Å². The fourth-order valence-corrected chi connectivity index (χ4v) is 0. The molecule has 6 nitrogen and oxygen atoms in total. The van der Waals surface area contributed by atoms with Gasteiger partial charge in [0.05, 0.1) is 0 Å². The molecule has 0 aliphatic carbocycles. The van der Waals surface area contributed by atoms with Crippen LogP contribution in [-0.2, 0) is 0 Å². The van der Waals surface area contributed by atoms with E-state index in [1.54, 1.807) is 0 Å². The van der Waals surface area contributed by atoms with Crippen LogP contribution in [0.3, 0.4) is 0 Å². The molecule has 0 aliphatic rings. The second-order valence-corrected chi connectivity index (χ2v) is 0. The molecule has 8 heavy (non-hydrogen) atoms. The number of halogens is 1. The molecule has 8 heteroatoms. The van der Waals surface area contributed by atoms with E-state index in [1.165, 1.54) is 0 Å². The van der Waals surface area contributed by atoms with Crippen LogP contribution >= 0.6 is 12.4 Å². The molecular weight excluding hydrogens is 172 g/mol. The standard InChI is InChI=1S/Ca.ClH.6H2O/h;1H;6*1H2/q+2;;;;;;;. The largest absolute Gasteiger partial charge is 2.00 e. The molecule has 0 unspecified atom stereocenters. The molecule has 0 bridgehead atoms. The van der Waals surface area contributed by atoms with Crippen LogP contribution in [0.15, 0.2) is 0 Å². The molecule has 0 rings (SSSR count). The Morgan fingerprint density at radius 2 is 0.375 bits per heavy atom. The van der Waals surface area contributed by atoms with Gasteiger partial charge in [-0.3, -0.25) is 0 Å². The van der Waals surface area contributed by atoms with Gasteiger partial charge >= 0.3 is 37.7 Å². The van der Waals surface area contributed by atoms with Crippen LogP contribution in [-0.4, -0.2) is 70.6 Å². The summed E-state index contributed by atoms with van der Waals surface area (Å²) in [4.78, 5) is 0. The Bertz CT molecular complexity index is 8.49. The Labute approximate surface area is 82.5 Å². The molecule has 0 aromatic heterocycles. The SMILES string of the molecule is Cl.O.O.O.O.O.O.[Ca+2]. The van der Waals surface area contributed by atoms with Crippen molar-refractivity contribution in [3.05, 3.63) is 0 Å². The fourth-order valence-electron chi connectivity index (χ4n) is 0. The van der Waals surface area contributed by atoms with Crippen LogP contribution in [0, 0.1) is 0 Å². The molecule has 0 aromatic rings. The summed E-state index contributed by atoms with van der Waals surface area (Å²) in [5.41, 5.74) is 0. The summed E-state index contributed by atoms with van der Waals surface area (Å²) in [6.45, 7) is 0. The van der Waals surface area contributed by atoms with Gasteiger partial charge in [-0.25, -0.2) is 0 Å². The maximum absolute atomic E-state index is 0. The van der Waals surface area contributed by atoms with E-state index < -0.39 is 0 Å². The molecule has 0 radical (unpaired) electrons. The van der Waals surface area contributed by atoms with E-state index in [0.29, 0.717) is 0 Å². The smallest absolute Gasteiger partial charge is 0.412 e. The minimum atomic E-state index is 0. The van der Waals surface area contributed by atoms with Gasteiger partial charge in [0.15, 0.2) is 0 Å². The molecule has 0 saturated carbocycles. The van der Waals surface area contributed by atoms with Gasteiger partial charge < -0.3 is 32.9 Å². The van der Waals surface area contributed by atoms with Crippen LogP contribution in [0.5, 0.6) is 0 Å². The van der Waals surface area contributed by atoms with Gasteiger partial charge in [0, 0.05) is 0 Å². The molecule has 0 heterocycles. The van der Waals surface area contributed by atoms with E-state index in [1.807, 2.05) is 0 Å². The molecule has 56 valence electrons. The van der Waals surface area contributed by atoms with Gasteiger partial charge in [0.25, 0.3) is 0 Å². The van der Waals surface area contributed by atoms with Gasteiger partial charge in [0.1, 0.15) is 0 Å². The monoisotopic (exact) mass is 184 g/mol. The second-order valence-electron chi connectivity index (χ2n) is 0. The van der Waals surface area contributed by atoms with Crippen molar-refractivity contribution in [1.82, 2.24) is 0 Å². The molecule has 0 amide bonds. The summed E-state index contributed by atoms with van der Waals surface area (Å²) in [6.07, 6.45) is 0. The third-order valence-electron chi connectivity index (χ3n) is 0. The Hall–Kier alpha value is 1.31. The Kier molecular flexibility index (Phi) is 12100. The maximum atomic E-state index is 0. The summed E-state index contributed by atoms with van der Waals surface area (Å²) in [6, 6.07) is 0. The first-order valence-electron chi connectivity index (χ1n) is 0. The van der Waals surface area contributed by atoms with Crippen molar-refractivity contribution in [2.75, 3.05) is 0 Å². The van der Waals surface area contributed by atoms with Gasteiger partial charge in [-0.15, -0.1) is 12.4 Å². The predicted octanol–water partition coefficient (Wildman–Crippen LogP) is -4.91. The maximum Gasteiger partial charge on any atom is 2.00 e. The molecule has 12 N–H and O–H groups in total. The van der Waals surface area contributed by atoms with Gasteiger partial charge in [-0.2, -0.15) is 0 Å². The number of hydrogen-bond donors (Lipinski definition) is 0. The summed E-state index contributed by atoms with van der Waals surface area (Å²) in [5.74, 6) is 0. The van der Waals surface area contributed by atoms with E-state index in [4.69, 9.17) is 0 Å². The minimum Gasteiger partial charge on any atom is -0.412 e. The average Bonchev–Trinajstić information content (AvgIpc) is 0. The van der Waals surface area contributed by atoms with Crippen molar-refractivity contribution in [1.29, 1.82) is 0 Å². The van der Waals surface area contributed by atoms with Crippen LogP contribution in [0.2, 0.25) is 0 Å². The first-order valence-corrected chi connectivity index (χ1v) is 0. The molecule has 0 fully saturated rings. The number of rotatable bonds is 0. The number of hydrogen-bond acceptors (Lipinski definition) is 0. The molecule has 0 aliphatic heterocycles. The second kappa shape index (κ2) is 259. The van der Waals surface area contributed by atoms with Crippen LogP contribution in [0.25, 0.3) is 0 Å². The van der Waals surface area contributed by atoms with Crippen molar-refractivity contribution < 1.29 is 32.9 Å². The van der Waals surface area contributed by atoms with E-state index >= 15 is 0 Å².